The SMILES string of the molecule is CCCCN1CCCC[C@@H]1C(=O)N[C@H](C(=O)N(C)[C@H](C[C@@H](OC(C)=O)c1nc(C(=O)O)cs1)C(C)C)[C@@H](C)CC. The molecule has 11 heteroatoms. The van der Waals surface area contributed by atoms with Crippen molar-refractivity contribution in [1.29, 1.82) is 0 Å². The standard InChI is InChI=1S/C29H48N4O6S/c1-8-10-14-33-15-12-11-13-22(33)26(35)31-25(19(5)9-2)28(36)32(7)23(18(3)4)16-24(39-20(6)34)27-30-21(17-40-27)29(37)38/h17-19,22-25H,8-16H2,1-7H3,(H,31,35)(H,37,38)/t19-,22+,23+,24+,25-/m0/s1. The Morgan fingerprint density at radius 3 is 2.48 bits per heavy atom. The molecule has 2 rings (SSSR count). The van der Waals surface area contributed by atoms with E-state index in [2.05, 4.69) is 22.1 Å². The second kappa shape index (κ2) is 16.0. The number of carbonyl (C=O) groups is 4. The summed E-state index contributed by atoms with van der Waals surface area (Å²) in [6.45, 7) is 13.1. The van der Waals surface area contributed by atoms with Crippen molar-refractivity contribution in [3.8, 4) is 0 Å². The van der Waals surface area contributed by atoms with Crippen molar-refractivity contribution in [2.75, 3.05) is 20.1 Å². The number of unbranched alkanes of at least 4 members (excludes halogenated alkanes) is 1. The fraction of sp³-hybridized carbons (Fsp3) is 0.759. The zero-order valence-electron chi connectivity index (χ0n) is 25.1. The number of piperidine rings is 1. The van der Waals surface area contributed by atoms with E-state index in [9.17, 15) is 24.3 Å². The third-order valence-corrected chi connectivity index (χ3v) is 8.82. The Bertz CT molecular complexity index is 999. The highest BCUT2D eigenvalue weighted by atomic mass is 32.1. The Kier molecular flexibility index (Phi) is 13.5. The zero-order valence-corrected chi connectivity index (χ0v) is 26.0. The molecule has 5 atom stereocenters. The summed E-state index contributed by atoms with van der Waals surface area (Å²) in [5.41, 5.74) is -0.113. The number of hydrogen-bond donors (Lipinski definition) is 2. The number of likely N-dealkylation sites (tertiary alicyclic amines) is 1. The lowest BCUT2D eigenvalue weighted by Gasteiger charge is -2.39. The molecule has 2 amide bonds. The first-order chi connectivity index (χ1) is 18.9. The number of amides is 2. The summed E-state index contributed by atoms with van der Waals surface area (Å²) in [7, 11) is 1.72. The van der Waals surface area contributed by atoms with E-state index in [0.717, 1.165) is 56.5 Å². The number of esters is 1. The molecule has 0 aromatic carbocycles. The van der Waals surface area contributed by atoms with Gasteiger partial charge in [0.1, 0.15) is 11.0 Å². The summed E-state index contributed by atoms with van der Waals surface area (Å²) in [5.74, 6) is -2.05. The van der Waals surface area contributed by atoms with Crippen LogP contribution < -0.4 is 5.32 Å². The molecule has 1 aromatic heterocycles. The van der Waals surface area contributed by atoms with Crippen LogP contribution in [-0.2, 0) is 19.1 Å². The summed E-state index contributed by atoms with van der Waals surface area (Å²) in [4.78, 5) is 58.9. The Morgan fingerprint density at radius 1 is 1.23 bits per heavy atom. The van der Waals surface area contributed by atoms with Gasteiger partial charge in [0.2, 0.25) is 11.8 Å². The number of carboxylic acids is 1. The van der Waals surface area contributed by atoms with Crippen molar-refractivity contribution in [3.63, 3.8) is 0 Å². The van der Waals surface area contributed by atoms with Crippen LogP contribution in [0.3, 0.4) is 0 Å². The monoisotopic (exact) mass is 580 g/mol. The van der Waals surface area contributed by atoms with Gasteiger partial charge in [-0.3, -0.25) is 19.3 Å². The highest BCUT2D eigenvalue weighted by Gasteiger charge is 2.37. The van der Waals surface area contributed by atoms with Gasteiger partial charge in [-0.15, -0.1) is 11.3 Å². The first-order valence-electron chi connectivity index (χ1n) is 14.6. The van der Waals surface area contributed by atoms with Crippen molar-refractivity contribution in [2.24, 2.45) is 11.8 Å². The minimum absolute atomic E-state index is 0.0120. The highest BCUT2D eigenvalue weighted by molar-refractivity contribution is 7.09. The number of aromatic nitrogens is 1. The molecule has 2 N–H and O–H groups in total. The van der Waals surface area contributed by atoms with Gasteiger partial charge in [-0.2, -0.15) is 0 Å². The number of rotatable bonds is 15. The number of nitrogens with zero attached hydrogens (tertiary/aromatic N) is 3. The molecule has 0 saturated carbocycles. The molecule has 2 heterocycles. The van der Waals surface area contributed by atoms with Crippen molar-refractivity contribution >= 4 is 35.1 Å². The van der Waals surface area contributed by atoms with Crippen molar-refractivity contribution in [3.05, 3.63) is 16.1 Å². The lowest BCUT2D eigenvalue weighted by molar-refractivity contribution is -0.149. The average molecular weight is 581 g/mol. The maximum atomic E-state index is 14.0. The minimum Gasteiger partial charge on any atom is -0.476 e. The summed E-state index contributed by atoms with van der Waals surface area (Å²) in [6.07, 6.45) is 5.13. The molecule has 1 fully saturated rings. The largest absolute Gasteiger partial charge is 0.476 e. The van der Waals surface area contributed by atoms with Crippen LogP contribution in [0.25, 0.3) is 0 Å². The molecular weight excluding hydrogens is 532 g/mol. The molecule has 1 saturated heterocycles. The lowest BCUT2D eigenvalue weighted by Crippen LogP contribution is -2.58. The van der Waals surface area contributed by atoms with E-state index in [1.807, 2.05) is 27.7 Å². The number of carbonyl (C=O) groups excluding carboxylic acids is 3. The van der Waals surface area contributed by atoms with Crippen LogP contribution in [0.4, 0.5) is 0 Å². The molecule has 1 aromatic rings. The fourth-order valence-electron chi connectivity index (χ4n) is 5.26. The molecule has 0 bridgehead atoms. The highest BCUT2D eigenvalue weighted by Crippen LogP contribution is 2.31. The van der Waals surface area contributed by atoms with Crippen molar-refractivity contribution in [2.45, 2.75) is 111 Å². The van der Waals surface area contributed by atoms with E-state index in [-0.39, 0.29) is 47.8 Å². The third-order valence-electron chi connectivity index (χ3n) is 7.89. The average Bonchev–Trinajstić information content (AvgIpc) is 3.42. The maximum absolute atomic E-state index is 14.0. The fourth-order valence-corrected chi connectivity index (χ4v) is 6.10. The van der Waals surface area contributed by atoms with Gasteiger partial charge in [-0.1, -0.05) is 53.9 Å². The van der Waals surface area contributed by atoms with Gasteiger partial charge in [0.05, 0.1) is 6.04 Å². The maximum Gasteiger partial charge on any atom is 0.355 e. The molecule has 0 spiro atoms. The van der Waals surface area contributed by atoms with Gasteiger partial charge in [0, 0.05) is 31.8 Å². The molecule has 226 valence electrons. The molecule has 1 aliphatic heterocycles. The number of carboxylic acid groups (broad SMARTS) is 1. The van der Waals surface area contributed by atoms with E-state index in [4.69, 9.17) is 4.74 Å². The molecule has 10 nitrogen and oxygen atoms in total. The van der Waals surface area contributed by atoms with Crippen LogP contribution in [0.1, 0.15) is 108 Å². The number of likely N-dealkylation sites (N-methyl/N-ethyl adjacent to an activating group) is 1. The van der Waals surface area contributed by atoms with Gasteiger partial charge in [0.25, 0.3) is 0 Å². The summed E-state index contributed by atoms with van der Waals surface area (Å²) in [5, 5.41) is 14.2. The first kappa shape index (κ1) is 33.7. The molecule has 0 aliphatic carbocycles. The predicted molar refractivity (Wildman–Crippen MR) is 155 cm³/mol. The van der Waals surface area contributed by atoms with Crippen LogP contribution >= 0.6 is 11.3 Å². The smallest absolute Gasteiger partial charge is 0.355 e. The molecular formula is C29H48N4O6S. The predicted octanol–water partition coefficient (Wildman–Crippen LogP) is 4.50. The lowest BCUT2D eigenvalue weighted by atomic mass is 9.92. The number of thiazole rings is 1. The van der Waals surface area contributed by atoms with E-state index < -0.39 is 24.1 Å². The Balaban J connectivity index is 2.27. The van der Waals surface area contributed by atoms with Crippen LogP contribution in [-0.4, -0.2) is 81.9 Å². The summed E-state index contributed by atoms with van der Waals surface area (Å²) < 4.78 is 5.56. The quantitative estimate of drug-likeness (QED) is 0.290. The zero-order chi connectivity index (χ0) is 30.0. The molecule has 1 aliphatic rings. The molecule has 0 radical (unpaired) electrons. The Labute approximate surface area is 242 Å². The number of nitrogens with one attached hydrogen (secondary N) is 1. The number of aromatic carboxylic acids is 1. The number of hydrogen-bond acceptors (Lipinski definition) is 8. The van der Waals surface area contributed by atoms with Gasteiger partial charge in [-0.05, 0) is 44.2 Å². The number of ether oxygens (including phenoxy) is 1. The summed E-state index contributed by atoms with van der Waals surface area (Å²) in [6, 6.07) is -1.27. The third kappa shape index (κ3) is 9.26. The van der Waals surface area contributed by atoms with E-state index in [1.165, 1.54) is 12.3 Å². The van der Waals surface area contributed by atoms with Gasteiger partial charge in [0.15, 0.2) is 11.8 Å². The van der Waals surface area contributed by atoms with Crippen LogP contribution in [0.5, 0.6) is 0 Å². The summed E-state index contributed by atoms with van der Waals surface area (Å²) >= 11 is 1.11. The molecule has 0 unspecified atom stereocenters. The van der Waals surface area contributed by atoms with Crippen LogP contribution in [0.2, 0.25) is 0 Å². The van der Waals surface area contributed by atoms with Crippen LogP contribution in [0.15, 0.2) is 5.38 Å². The normalized spacial score (nSPS) is 18.9. The van der Waals surface area contributed by atoms with Crippen LogP contribution in [0, 0.1) is 11.8 Å². The van der Waals surface area contributed by atoms with Gasteiger partial charge >= 0.3 is 11.9 Å². The topological polar surface area (TPSA) is 129 Å². The van der Waals surface area contributed by atoms with E-state index in [1.54, 1.807) is 11.9 Å². The second-order valence-corrected chi connectivity index (χ2v) is 12.1. The Morgan fingerprint density at radius 2 is 1.93 bits per heavy atom. The van der Waals surface area contributed by atoms with Crippen molar-refractivity contribution in [1.82, 2.24) is 20.1 Å². The van der Waals surface area contributed by atoms with E-state index >= 15 is 0 Å². The van der Waals surface area contributed by atoms with Crippen molar-refractivity contribution < 1.29 is 29.0 Å². The second-order valence-electron chi connectivity index (χ2n) is 11.2. The van der Waals surface area contributed by atoms with Gasteiger partial charge in [-0.25, -0.2) is 9.78 Å². The minimum atomic E-state index is -1.16. The van der Waals surface area contributed by atoms with Gasteiger partial charge < -0.3 is 20.1 Å². The Hall–Kier alpha value is -2.53. The van der Waals surface area contributed by atoms with E-state index in [0.29, 0.717) is 11.4 Å². The first-order valence-corrected chi connectivity index (χ1v) is 15.5. The molecule has 40 heavy (non-hydrogen) atoms.